The van der Waals surface area contributed by atoms with E-state index < -0.39 is 0 Å². The maximum atomic E-state index is 8.97. The summed E-state index contributed by atoms with van der Waals surface area (Å²) >= 11 is 11.7. The quantitative estimate of drug-likeness (QED) is 0.912. The normalized spacial score (nSPS) is 20.6. The first-order chi connectivity index (χ1) is 8.20. The summed E-state index contributed by atoms with van der Waals surface area (Å²) in [5, 5.41) is 16.7. The Morgan fingerprint density at radius 2 is 2.18 bits per heavy atom. The van der Waals surface area contributed by atoms with Crippen molar-refractivity contribution in [1.29, 1.82) is 0 Å². The molecule has 1 saturated heterocycles. The first-order valence-electron chi connectivity index (χ1n) is 5.62. The van der Waals surface area contributed by atoms with Crippen molar-refractivity contribution in [2.45, 2.75) is 19.3 Å². The number of aromatic nitrogens is 3. The van der Waals surface area contributed by atoms with Crippen LogP contribution in [0.1, 0.15) is 19.3 Å². The van der Waals surface area contributed by atoms with Crippen molar-refractivity contribution in [2.24, 2.45) is 5.92 Å². The summed E-state index contributed by atoms with van der Waals surface area (Å²) < 4.78 is 0. The summed E-state index contributed by atoms with van der Waals surface area (Å²) in [5.74, 6) is 1.06. The fraction of sp³-hybridized carbons (Fsp3) is 0.700. The molecule has 1 aliphatic rings. The monoisotopic (exact) mass is 276 g/mol. The summed E-state index contributed by atoms with van der Waals surface area (Å²) in [6.45, 7) is 1.93. The minimum absolute atomic E-state index is 0.105. The van der Waals surface area contributed by atoms with E-state index in [-0.39, 0.29) is 17.0 Å². The highest BCUT2D eigenvalue weighted by Gasteiger charge is 2.23. The Labute approximate surface area is 110 Å². The van der Waals surface area contributed by atoms with Gasteiger partial charge in [-0.1, -0.05) is 11.6 Å². The first kappa shape index (κ1) is 12.8. The summed E-state index contributed by atoms with van der Waals surface area (Å²) in [4.78, 5) is 6.18. The molecule has 0 spiro atoms. The fourth-order valence-electron chi connectivity index (χ4n) is 2.16. The lowest BCUT2D eigenvalue weighted by molar-refractivity contribution is 0.244. The van der Waals surface area contributed by atoms with Crippen LogP contribution in [0.15, 0.2) is 0 Å². The van der Waals surface area contributed by atoms with E-state index in [2.05, 4.69) is 20.1 Å². The molecule has 94 valence electrons. The minimum Gasteiger partial charge on any atom is -0.396 e. The van der Waals surface area contributed by atoms with E-state index in [0.29, 0.717) is 11.7 Å². The zero-order valence-electron chi connectivity index (χ0n) is 9.31. The molecule has 1 unspecified atom stereocenters. The molecule has 2 heterocycles. The van der Waals surface area contributed by atoms with Crippen LogP contribution in [0.3, 0.4) is 0 Å². The second kappa shape index (κ2) is 5.80. The lowest BCUT2D eigenvalue weighted by atomic mass is 9.95. The van der Waals surface area contributed by atoms with Crippen molar-refractivity contribution in [3.05, 3.63) is 10.4 Å². The van der Waals surface area contributed by atoms with Gasteiger partial charge in [0.25, 0.3) is 0 Å². The molecule has 2 rings (SSSR count). The molecule has 0 aromatic carbocycles. The van der Waals surface area contributed by atoms with E-state index in [1.807, 2.05) is 0 Å². The Balaban J connectivity index is 2.13. The third kappa shape index (κ3) is 3.18. The Morgan fingerprint density at radius 3 is 2.94 bits per heavy atom. The number of hydrogen-bond donors (Lipinski definition) is 1. The highest BCUT2D eigenvalue weighted by Crippen LogP contribution is 2.27. The smallest absolute Gasteiger partial charge is 0.245 e. The van der Waals surface area contributed by atoms with Gasteiger partial charge in [0.05, 0.1) is 0 Å². The largest absolute Gasteiger partial charge is 0.396 e. The lowest BCUT2D eigenvalue weighted by Crippen LogP contribution is -2.36. The third-order valence-electron chi connectivity index (χ3n) is 2.96. The Kier molecular flexibility index (Phi) is 4.36. The van der Waals surface area contributed by atoms with Gasteiger partial charge in [-0.2, -0.15) is 4.98 Å². The maximum Gasteiger partial charge on any atom is 0.245 e. The third-order valence-corrected chi connectivity index (χ3v) is 3.36. The number of rotatable bonds is 3. The van der Waals surface area contributed by atoms with Crippen molar-refractivity contribution in [2.75, 3.05) is 24.6 Å². The van der Waals surface area contributed by atoms with Crippen LogP contribution in [0.4, 0.5) is 5.82 Å². The van der Waals surface area contributed by atoms with Gasteiger partial charge >= 0.3 is 0 Å². The summed E-state index contributed by atoms with van der Waals surface area (Å²) in [5.41, 5.74) is 0. The number of anilines is 1. The second-order valence-electron chi connectivity index (χ2n) is 4.16. The van der Waals surface area contributed by atoms with Gasteiger partial charge in [-0.15, -0.1) is 10.2 Å². The van der Waals surface area contributed by atoms with Crippen molar-refractivity contribution >= 4 is 29.0 Å². The average molecular weight is 277 g/mol. The van der Waals surface area contributed by atoms with Crippen LogP contribution in [0.2, 0.25) is 10.4 Å². The van der Waals surface area contributed by atoms with Gasteiger partial charge in [0.15, 0.2) is 11.0 Å². The van der Waals surface area contributed by atoms with Gasteiger partial charge < -0.3 is 10.0 Å². The molecule has 1 atom stereocenters. The molecule has 0 radical (unpaired) electrons. The van der Waals surface area contributed by atoms with Crippen LogP contribution in [0, 0.1) is 5.92 Å². The van der Waals surface area contributed by atoms with E-state index in [1.165, 1.54) is 0 Å². The van der Waals surface area contributed by atoms with E-state index >= 15 is 0 Å². The summed E-state index contributed by atoms with van der Waals surface area (Å²) in [6, 6.07) is 0. The van der Waals surface area contributed by atoms with Crippen LogP contribution in [0.5, 0.6) is 0 Å². The molecule has 5 nitrogen and oxygen atoms in total. The number of piperidine rings is 1. The molecule has 1 aromatic rings. The van der Waals surface area contributed by atoms with Gasteiger partial charge in [-0.05, 0) is 36.8 Å². The fourth-order valence-corrected chi connectivity index (χ4v) is 2.48. The highest BCUT2D eigenvalue weighted by atomic mass is 35.5. The zero-order chi connectivity index (χ0) is 12.3. The summed E-state index contributed by atoms with van der Waals surface area (Å²) in [7, 11) is 0. The van der Waals surface area contributed by atoms with Gasteiger partial charge in [-0.25, -0.2) is 0 Å². The van der Waals surface area contributed by atoms with Gasteiger partial charge in [-0.3, -0.25) is 0 Å². The Bertz CT molecular complexity index is 389. The molecule has 7 heteroatoms. The van der Waals surface area contributed by atoms with E-state index in [0.717, 1.165) is 32.4 Å². The van der Waals surface area contributed by atoms with Crippen molar-refractivity contribution in [3.8, 4) is 0 Å². The molecule has 1 N–H and O–H groups in total. The Morgan fingerprint density at radius 1 is 1.35 bits per heavy atom. The topological polar surface area (TPSA) is 62.1 Å². The molecular formula is C10H14Cl2N4O. The lowest BCUT2D eigenvalue weighted by Gasteiger charge is -2.33. The zero-order valence-corrected chi connectivity index (χ0v) is 10.8. The second-order valence-corrected chi connectivity index (χ2v) is 4.86. The van der Waals surface area contributed by atoms with Crippen LogP contribution in [0.25, 0.3) is 0 Å². The molecule has 0 saturated carbocycles. The SMILES string of the molecule is OCCC1CCCN(c2nc(Cl)nnc2Cl)C1. The molecule has 0 amide bonds. The number of nitrogens with zero attached hydrogens (tertiary/aromatic N) is 4. The molecular weight excluding hydrogens is 263 g/mol. The summed E-state index contributed by atoms with van der Waals surface area (Å²) in [6.07, 6.45) is 2.99. The van der Waals surface area contributed by atoms with Crippen LogP contribution in [-0.4, -0.2) is 40.0 Å². The van der Waals surface area contributed by atoms with Crippen molar-refractivity contribution < 1.29 is 5.11 Å². The number of aliphatic hydroxyl groups is 1. The van der Waals surface area contributed by atoms with Gasteiger partial charge in [0.1, 0.15) is 0 Å². The minimum atomic E-state index is 0.105. The van der Waals surface area contributed by atoms with E-state index in [1.54, 1.807) is 0 Å². The molecule has 0 aliphatic carbocycles. The maximum absolute atomic E-state index is 8.97. The van der Waals surface area contributed by atoms with Crippen LogP contribution < -0.4 is 4.90 Å². The first-order valence-corrected chi connectivity index (χ1v) is 6.38. The van der Waals surface area contributed by atoms with Gasteiger partial charge in [0.2, 0.25) is 5.28 Å². The standard InChI is InChI=1S/C10H14Cl2N4O/c11-8-9(13-10(12)15-14-8)16-4-1-2-7(6-16)3-5-17/h7,17H,1-6H2. The Hall–Kier alpha value is -0.650. The molecule has 0 bridgehead atoms. The van der Waals surface area contributed by atoms with E-state index in [9.17, 15) is 0 Å². The van der Waals surface area contributed by atoms with Crippen molar-refractivity contribution in [3.63, 3.8) is 0 Å². The number of hydrogen-bond acceptors (Lipinski definition) is 5. The van der Waals surface area contributed by atoms with Crippen LogP contribution in [-0.2, 0) is 0 Å². The number of aliphatic hydroxyl groups excluding tert-OH is 1. The predicted octanol–water partition coefficient (Wildman–Crippen LogP) is 1.78. The predicted molar refractivity (Wildman–Crippen MR) is 66.5 cm³/mol. The average Bonchev–Trinajstić information content (AvgIpc) is 2.33. The van der Waals surface area contributed by atoms with E-state index in [4.69, 9.17) is 28.3 Å². The number of halogens is 2. The van der Waals surface area contributed by atoms with Crippen LogP contribution >= 0.6 is 23.2 Å². The van der Waals surface area contributed by atoms with Crippen molar-refractivity contribution in [1.82, 2.24) is 15.2 Å². The molecule has 1 aromatic heterocycles. The molecule has 17 heavy (non-hydrogen) atoms. The highest BCUT2D eigenvalue weighted by molar-refractivity contribution is 6.32. The van der Waals surface area contributed by atoms with Gasteiger partial charge in [0, 0.05) is 19.7 Å². The molecule has 1 aliphatic heterocycles. The molecule has 1 fully saturated rings.